The van der Waals surface area contributed by atoms with Crippen molar-refractivity contribution in [1.29, 1.82) is 0 Å². The Morgan fingerprint density at radius 1 is 1.33 bits per heavy atom. The lowest BCUT2D eigenvalue weighted by Crippen LogP contribution is -2.43. The molecule has 2 atom stereocenters. The molecule has 8 heteroatoms. The van der Waals surface area contributed by atoms with Gasteiger partial charge < -0.3 is 0 Å². The summed E-state index contributed by atoms with van der Waals surface area (Å²) in [4.78, 5) is -0.307. The van der Waals surface area contributed by atoms with E-state index >= 15 is 0 Å². The van der Waals surface area contributed by atoms with Crippen molar-refractivity contribution in [3.05, 3.63) is 29.8 Å². The molecule has 3 nitrogen and oxygen atoms in total. The van der Waals surface area contributed by atoms with Crippen LogP contribution in [0.2, 0.25) is 0 Å². The van der Waals surface area contributed by atoms with Crippen LogP contribution < -0.4 is 0 Å². The molecule has 1 saturated heterocycles. The molecule has 0 radical (unpaired) electrons. The van der Waals surface area contributed by atoms with Crippen LogP contribution in [-0.2, 0) is 16.2 Å². The van der Waals surface area contributed by atoms with Crippen molar-refractivity contribution >= 4 is 26.0 Å². The molecule has 1 aromatic rings. The van der Waals surface area contributed by atoms with E-state index in [1.165, 1.54) is 10.4 Å². The standard InChI is InChI=1S/C13H15BrF3NO2S/c1-9-5-6-18(8-12(9)14)21(19,20)11-4-2-3-10(7-11)13(15,16)17/h2-4,7,9,12H,5-6,8H2,1H3. The third-order valence-corrected chi connectivity index (χ3v) is 6.68. The minimum Gasteiger partial charge on any atom is -0.207 e. The van der Waals surface area contributed by atoms with E-state index in [0.29, 0.717) is 24.9 Å². The van der Waals surface area contributed by atoms with Crippen molar-refractivity contribution in [3.63, 3.8) is 0 Å². The van der Waals surface area contributed by atoms with Crippen LogP contribution in [-0.4, -0.2) is 30.6 Å². The zero-order valence-corrected chi connectivity index (χ0v) is 13.7. The van der Waals surface area contributed by atoms with Gasteiger partial charge in [-0.2, -0.15) is 17.5 Å². The smallest absolute Gasteiger partial charge is 0.207 e. The summed E-state index contributed by atoms with van der Waals surface area (Å²) in [6, 6.07) is 3.88. The topological polar surface area (TPSA) is 37.4 Å². The van der Waals surface area contributed by atoms with E-state index in [1.807, 2.05) is 6.92 Å². The van der Waals surface area contributed by atoms with Crippen LogP contribution in [0.1, 0.15) is 18.9 Å². The van der Waals surface area contributed by atoms with Crippen LogP contribution in [0.5, 0.6) is 0 Å². The first-order valence-corrected chi connectivity index (χ1v) is 8.79. The molecule has 118 valence electrons. The van der Waals surface area contributed by atoms with Crippen LogP contribution in [0.3, 0.4) is 0 Å². The molecule has 0 saturated carbocycles. The van der Waals surface area contributed by atoms with Gasteiger partial charge >= 0.3 is 6.18 Å². The van der Waals surface area contributed by atoms with Gasteiger partial charge in [0.25, 0.3) is 0 Å². The predicted octanol–water partition coefficient (Wildman–Crippen LogP) is 3.50. The van der Waals surface area contributed by atoms with Crippen molar-refractivity contribution in [2.24, 2.45) is 5.92 Å². The number of alkyl halides is 4. The quantitative estimate of drug-likeness (QED) is 0.730. The monoisotopic (exact) mass is 385 g/mol. The van der Waals surface area contributed by atoms with Crippen LogP contribution in [0.4, 0.5) is 13.2 Å². The number of sulfonamides is 1. The molecule has 2 rings (SSSR count). The van der Waals surface area contributed by atoms with Crippen LogP contribution in [0.25, 0.3) is 0 Å². The second-order valence-corrected chi connectivity index (χ2v) is 8.28. The fourth-order valence-electron chi connectivity index (χ4n) is 2.19. The third kappa shape index (κ3) is 3.60. The van der Waals surface area contributed by atoms with E-state index in [9.17, 15) is 21.6 Å². The highest BCUT2D eigenvalue weighted by molar-refractivity contribution is 9.09. The van der Waals surface area contributed by atoms with Crippen molar-refractivity contribution in [2.45, 2.75) is 29.2 Å². The van der Waals surface area contributed by atoms with Crippen LogP contribution in [0, 0.1) is 5.92 Å². The number of hydrogen-bond donors (Lipinski definition) is 0. The van der Waals surface area contributed by atoms with Crippen molar-refractivity contribution in [1.82, 2.24) is 4.31 Å². The maximum absolute atomic E-state index is 12.7. The average Bonchev–Trinajstić information content (AvgIpc) is 2.41. The van der Waals surface area contributed by atoms with Gasteiger partial charge in [-0.15, -0.1) is 0 Å². The van der Waals surface area contributed by atoms with E-state index in [2.05, 4.69) is 15.9 Å². The van der Waals surface area contributed by atoms with Crippen LogP contribution >= 0.6 is 15.9 Å². The van der Waals surface area contributed by atoms with Crippen molar-refractivity contribution in [3.8, 4) is 0 Å². The minimum atomic E-state index is -4.56. The first-order valence-electron chi connectivity index (χ1n) is 6.44. The fraction of sp³-hybridized carbons (Fsp3) is 0.538. The molecule has 0 aromatic heterocycles. The molecule has 21 heavy (non-hydrogen) atoms. The molecular weight excluding hydrogens is 371 g/mol. The lowest BCUT2D eigenvalue weighted by Gasteiger charge is -2.33. The molecular formula is C13H15BrF3NO2S. The Hall–Kier alpha value is -0.600. The summed E-state index contributed by atoms with van der Waals surface area (Å²) in [6.45, 7) is 2.59. The Labute approximate surface area is 130 Å². The normalized spacial score (nSPS) is 25.0. The summed E-state index contributed by atoms with van der Waals surface area (Å²) >= 11 is 3.42. The highest BCUT2D eigenvalue weighted by Crippen LogP contribution is 2.32. The Bertz CT molecular complexity index is 618. The molecule has 1 aliphatic heterocycles. The molecule has 0 amide bonds. The zero-order valence-electron chi connectivity index (χ0n) is 11.3. The minimum absolute atomic E-state index is 0.00632. The maximum Gasteiger partial charge on any atom is 0.416 e. The van der Waals surface area contributed by atoms with Gasteiger partial charge in [-0.05, 0) is 30.5 Å². The van der Waals surface area contributed by atoms with Gasteiger partial charge in [0.1, 0.15) is 0 Å². The number of nitrogens with zero attached hydrogens (tertiary/aromatic N) is 1. The Morgan fingerprint density at radius 2 is 2.00 bits per heavy atom. The van der Waals surface area contributed by atoms with Gasteiger partial charge in [0, 0.05) is 17.9 Å². The zero-order chi connectivity index (χ0) is 15.8. The van der Waals surface area contributed by atoms with Gasteiger partial charge in [0.05, 0.1) is 10.5 Å². The lowest BCUT2D eigenvalue weighted by atomic mass is 10.0. The van der Waals surface area contributed by atoms with Gasteiger partial charge in [0.2, 0.25) is 10.0 Å². The third-order valence-electron chi connectivity index (χ3n) is 3.63. The summed E-state index contributed by atoms with van der Waals surface area (Å²) in [7, 11) is -3.90. The molecule has 1 fully saturated rings. The predicted molar refractivity (Wildman–Crippen MR) is 76.7 cm³/mol. The van der Waals surface area contributed by atoms with Crippen molar-refractivity contribution < 1.29 is 21.6 Å². The number of rotatable bonds is 2. The van der Waals surface area contributed by atoms with Gasteiger partial charge in [-0.25, -0.2) is 8.42 Å². The number of hydrogen-bond acceptors (Lipinski definition) is 2. The van der Waals surface area contributed by atoms with Crippen LogP contribution in [0.15, 0.2) is 29.2 Å². The largest absolute Gasteiger partial charge is 0.416 e. The first-order chi connectivity index (χ1) is 9.62. The van der Waals surface area contributed by atoms with E-state index < -0.39 is 21.8 Å². The second-order valence-electron chi connectivity index (χ2n) is 5.17. The maximum atomic E-state index is 12.7. The van der Waals surface area contributed by atoms with Gasteiger partial charge in [0.15, 0.2) is 0 Å². The SMILES string of the molecule is CC1CCN(S(=O)(=O)c2cccc(C(F)(F)F)c2)CC1Br. The molecule has 2 unspecified atom stereocenters. The number of benzene rings is 1. The highest BCUT2D eigenvalue weighted by atomic mass is 79.9. The summed E-state index contributed by atoms with van der Waals surface area (Å²) in [5, 5.41) is 0. The molecule has 1 aliphatic rings. The van der Waals surface area contributed by atoms with E-state index in [4.69, 9.17) is 0 Å². The summed E-state index contributed by atoms with van der Waals surface area (Å²) in [5.41, 5.74) is -0.954. The van der Waals surface area contributed by atoms with E-state index in [0.717, 1.165) is 12.1 Å². The number of piperidine rings is 1. The summed E-state index contributed by atoms with van der Waals surface area (Å²) in [5.74, 6) is 0.331. The van der Waals surface area contributed by atoms with Gasteiger partial charge in [-0.1, -0.05) is 28.9 Å². The summed E-state index contributed by atoms with van der Waals surface area (Å²) < 4.78 is 64.2. The molecule has 0 bridgehead atoms. The Balaban J connectivity index is 2.32. The summed E-state index contributed by atoms with van der Waals surface area (Å²) in [6.07, 6.45) is -3.88. The average molecular weight is 386 g/mol. The molecule has 0 N–H and O–H groups in total. The Kier molecular flexibility index (Phi) is 4.70. The van der Waals surface area contributed by atoms with E-state index in [-0.39, 0.29) is 16.3 Å². The number of halogens is 4. The van der Waals surface area contributed by atoms with Gasteiger partial charge in [-0.3, -0.25) is 0 Å². The molecule has 1 heterocycles. The molecule has 1 aromatic carbocycles. The lowest BCUT2D eigenvalue weighted by molar-refractivity contribution is -0.137. The van der Waals surface area contributed by atoms with E-state index in [1.54, 1.807) is 0 Å². The fourth-order valence-corrected chi connectivity index (χ4v) is 4.53. The Morgan fingerprint density at radius 3 is 2.57 bits per heavy atom. The second kappa shape index (κ2) is 5.89. The highest BCUT2D eigenvalue weighted by Gasteiger charge is 2.35. The molecule has 0 spiro atoms. The first kappa shape index (κ1) is 16.8. The van der Waals surface area contributed by atoms with Crippen molar-refractivity contribution in [2.75, 3.05) is 13.1 Å². The molecule has 0 aliphatic carbocycles.